The molecule has 0 aromatic carbocycles. The summed E-state index contributed by atoms with van der Waals surface area (Å²) in [5.74, 6) is -0.431. The van der Waals surface area contributed by atoms with Crippen LogP contribution in [0.1, 0.15) is 37.6 Å². The van der Waals surface area contributed by atoms with Crippen LogP contribution in [0.4, 0.5) is 0 Å². The first-order valence-electron chi connectivity index (χ1n) is 8.20. The Labute approximate surface area is 142 Å². The molecular weight excluding hydrogens is 308 g/mol. The van der Waals surface area contributed by atoms with E-state index in [1.165, 1.54) is 6.20 Å². The molecule has 2 amide bonds. The maximum absolute atomic E-state index is 12.4. The zero-order valence-electron chi connectivity index (χ0n) is 14.5. The van der Waals surface area contributed by atoms with Crippen LogP contribution in [0.25, 0.3) is 0 Å². The molecular formula is C17H26N4O3. The minimum Gasteiger partial charge on any atom is -0.378 e. The van der Waals surface area contributed by atoms with Gasteiger partial charge in [-0.05, 0) is 19.1 Å². The molecule has 0 aliphatic heterocycles. The molecule has 2 rings (SSSR count). The van der Waals surface area contributed by atoms with Crippen LogP contribution >= 0.6 is 0 Å². The Morgan fingerprint density at radius 2 is 2.08 bits per heavy atom. The van der Waals surface area contributed by atoms with E-state index in [4.69, 9.17) is 10.5 Å². The van der Waals surface area contributed by atoms with Gasteiger partial charge in [-0.1, -0.05) is 13.8 Å². The van der Waals surface area contributed by atoms with E-state index in [1.807, 2.05) is 20.8 Å². The molecule has 1 aliphatic carbocycles. The van der Waals surface area contributed by atoms with Gasteiger partial charge in [0.2, 0.25) is 5.91 Å². The molecule has 1 aromatic heterocycles. The van der Waals surface area contributed by atoms with Gasteiger partial charge in [-0.3, -0.25) is 14.6 Å². The SMILES string of the molecule is CCOC1CC(N)(C(=O)NCCNC(=O)c2cccnc2)C1(C)C. The highest BCUT2D eigenvalue weighted by atomic mass is 16.5. The first kappa shape index (κ1) is 18.4. The van der Waals surface area contributed by atoms with Crippen molar-refractivity contribution in [2.24, 2.45) is 11.1 Å². The van der Waals surface area contributed by atoms with Crippen molar-refractivity contribution in [1.82, 2.24) is 15.6 Å². The van der Waals surface area contributed by atoms with Gasteiger partial charge in [-0.15, -0.1) is 0 Å². The van der Waals surface area contributed by atoms with Crippen LogP contribution in [0.3, 0.4) is 0 Å². The fourth-order valence-corrected chi connectivity index (χ4v) is 2.93. The molecule has 1 aromatic rings. The summed E-state index contributed by atoms with van der Waals surface area (Å²) in [5.41, 5.74) is 5.41. The van der Waals surface area contributed by atoms with E-state index in [9.17, 15) is 9.59 Å². The third-order valence-electron chi connectivity index (χ3n) is 4.85. The molecule has 1 saturated carbocycles. The Hall–Kier alpha value is -1.99. The second-order valence-corrected chi connectivity index (χ2v) is 6.59. The first-order valence-corrected chi connectivity index (χ1v) is 8.20. The second-order valence-electron chi connectivity index (χ2n) is 6.59. The Bertz CT molecular complexity index is 591. The molecule has 0 saturated heterocycles. The van der Waals surface area contributed by atoms with Gasteiger partial charge in [0.1, 0.15) is 5.54 Å². The Morgan fingerprint density at radius 1 is 1.38 bits per heavy atom. The third kappa shape index (κ3) is 3.42. The predicted molar refractivity (Wildman–Crippen MR) is 90.3 cm³/mol. The number of pyridine rings is 1. The van der Waals surface area contributed by atoms with E-state index >= 15 is 0 Å². The average molecular weight is 334 g/mol. The van der Waals surface area contributed by atoms with Gasteiger partial charge < -0.3 is 21.1 Å². The zero-order valence-corrected chi connectivity index (χ0v) is 14.5. The van der Waals surface area contributed by atoms with Crippen molar-refractivity contribution >= 4 is 11.8 Å². The maximum Gasteiger partial charge on any atom is 0.252 e. The summed E-state index contributed by atoms with van der Waals surface area (Å²) < 4.78 is 5.62. The monoisotopic (exact) mass is 334 g/mol. The number of carbonyl (C=O) groups excluding carboxylic acids is 2. The number of hydrogen-bond acceptors (Lipinski definition) is 5. The van der Waals surface area contributed by atoms with Crippen LogP contribution in [0, 0.1) is 5.41 Å². The van der Waals surface area contributed by atoms with Crippen molar-refractivity contribution in [3.05, 3.63) is 30.1 Å². The van der Waals surface area contributed by atoms with Crippen LogP contribution in [-0.2, 0) is 9.53 Å². The summed E-state index contributed by atoms with van der Waals surface area (Å²) in [5, 5.41) is 5.53. The normalized spacial score (nSPS) is 24.8. The topological polar surface area (TPSA) is 106 Å². The minimum absolute atomic E-state index is 0.0106. The minimum atomic E-state index is -0.944. The molecule has 132 valence electrons. The number of rotatable bonds is 7. The van der Waals surface area contributed by atoms with Crippen LogP contribution < -0.4 is 16.4 Å². The van der Waals surface area contributed by atoms with Gasteiger partial charge >= 0.3 is 0 Å². The van der Waals surface area contributed by atoms with Crippen LogP contribution in [0.15, 0.2) is 24.5 Å². The lowest BCUT2D eigenvalue weighted by Gasteiger charge is -2.57. The molecule has 2 atom stereocenters. The molecule has 1 fully saturated rings. The molecule has 0 radical (unpaired) electrons. The van der Waals surface area contributed by atoms with Crippen molar-refractivity contribution in [2.45, 2.75) is 38.8 Å². The molecule has 2 unspecified atom stereocenters. The lowest BCUT2D eigenvalue weighted by atomic mass is 9.54. The number of aromatic nitrogens is 1. The summed E-state index contributed by atoms with van der Waals surface area (Å²) in [4.78, 5) is 28.2. The fourth-order valence-electron chi connectivity index (χ4n) is 2.93. The molecule has 4 N–H and O–H groups in total. The van der Waals surface area contributed by atoms with E-state index in [1.54, 1.807) is 18.3 Å². The first-order chi connectivity index (χ1) is 11.3. The van der Waals surface area contributed by atoms with E-state index in [0.29, 0.717) is 31.7 Å². The van der Waals surface area contributed by atoms with Gasteiger partial charge in [0.15, 0.2) is 0 Å². The zero-order chi connectivity index (χ0) is 17.8. The van der Waals surface area contributed by atoms with Crippen molar-refractivity contribution in [2.75, 3.05) is 19.7 Å². The number of amides is 2. The predicted octanol–water partition coefficient (Wildman–Crippen LogP) is 0.460. The van der Waals surface area contributed by atoms with Crippen LogP contribution in [0.5, 0.6) is 0 Å². The van der Waals surface area contributed by atoms with Crippen molar-refractivity contribution in [1.29, 1.82) is 0 Å². The Kier molecular flexibility index (Phi) is 5.56. The number of nitrogens with two attached hydrogens (primary N) is 1. The smallest absolute Gasteiger partial charge is 0.252 e. The van der Waals surface area contributed by atoms with E-state index in [2.05, 4.69) is 15.6 Å². The molecule has 7 heteroatoms. The van der Waals surface area contributed by atoms with E-state index in [-0.39, 0.29) is 17.9 Å². The van der Waals surface area contributed by atoms with Crippen molar-refractivity contribution in [3.8, 4) is 0 Å². The largest absolute Gasteiger partial charge is 0.378 e. The van der Waals surface area contributed by atoms with Gasteiger partial charge in [-0.2, -0.15) is 0 Å². The number of hydrogen-bond donors (Lipinski definition) is 3. The number of nitrogens with zero attached hydrogens (tertiary/aromatic N) is 1. The highest BCUT2D eigenvalue weighted by molar-refractivity contribution is 5.93. The quantitative estimate of drug-likeness (QED) is 0.628. The molecule has 1 heterocycles. The summed E-state index contributed by atoms with van der Waals surface area (Å²) in [6.07, 6.45) is 3.59. The summed E-state index contributed by atoms with van der Waals surface area (Å²) in [7, 11) is 0. The van der Waals surface area contributed by atoms with Gasteiger partial charge in [-0.25, -0.2) is 0 Å². The van der Waals surface area contributed by atoms with Crippen molar-refractivity contribution < 1.29 is 14.3 Å². The number of nitrogens with one attached hydrogen (secondary N) is 2. The molecule has 7 nitrogen and oxygen atoms in total. The average Bonchev–Trinajstić information content (AvgIpc) is 2.58. The van der Waals surface area contributed by atoms with E-state index < -0.39 is 11.0 Å². The Morgan fingerprint density at radius 3 is 2.67 bits per heavy atom. The lowest BCUT2D eigenvalue weighted by Crippen LogP contribution is -2.75. The molecule has 0 spiro atoms. The fraction of sp³-hybridized carbons (Fsp3) is 0.588. The maximum atomic E-state index is 12.4. The highest BCUT2D eigenvalue weighted by Gasteiger charge is 2.62. The Balaban J connectivity index is 1.77. The van der Waals surface area contributed by atoms with Crippen molar-refractivity contribution in [3.63, 3.8) is 0 Å². The van der Waals surface area contributed by atoms with Gasteiger partial charge in [0, 0.05) is 43.9 Å². The van der Waals surface area contributed by atoms with Crippen LogP contribution in [0.2, 0.25) is 0 Å². The summed E-state index contributed by atoms with van der Waals surface area (Å²) in [6, 6.07) is 3.38. The van der Waals surface area contributed by atoms with E-state index in [0.717, 1.165) is 0 Å². The standard InChI is InChI=1S/C17H26N4O3/c1-4-24-13-10-17(18,16(13,2)3)15(23)21-9-8-20-14(22)12-6-5-7-19-11-12/h5-7,11,13H,4,8-10,18H2,1-3H3,(H,20,22)(H,21,23). The van der Waals surface area contributed by atoms with Crippen LogP contribution in [-0.4, -0.2) is 48.1 Å². The number of carbonyl (C=O) groups is 2. The second kappa shape index (κ2) is 7.27. The number of ether oxygens (including phenoxy) is 1. The lowest BCUT2D eigenvalue weighted by molar-refractivity contribution is -0.170. The molecule has 24 heavy (non-hydrogen) atoms. The molecule has 1 aliphatic rings. The molecule has 0 bridgehead atoms. The highest BCUT2D eigenvalue weighted by Crippen LogP contribution is 2.49. The summed E-state index contributed by atoms with van der Waals surface area (Å²) in [6.45, 7) is 7.06. The third-order valence-corrected chi connectivity index (χ3v) is 4.85. The van der Waals surface area contributed by atoms with Gasteiger partial charge in [0.05, 0.1) is 11.7 Å². The summed E-state index contributed by atoms with van der Waals surface area (Å²) >= 11 is 0. The van der Waals surface area contributed by atoms with Gasteiger partial charge in [0.25, 0.3) is 5.91 Å².